The Kier molecular flexibility index (Phi) is 4.95. The van der Waals surface area contributed by atoms with E-state index in [9.17, 15) is 4.79 Å². The number of nitrogens with two attached hydrogens (primary N) is 2. The Balaban J connectivity index is 4.09. The third-order valence-electron chi connectivity index (χ3n) is 1.46. The van der Waals surface area contributed by atoms with Crippen molar-refractivity contribution in [3.8, 4) is 0 Å². The van der Waals surface area contributed by atoms with Crippen LogP contribution in [0.1, 0.15) is 0 Å². The molecule has 0 aliphatic heterocycles. The summed E-state index contributed by atoms with van der Waals surface area (Å²) in [5, 5.41) is 26.4. The van der Waals surface area contributed by atoms with Crippen molar-refractivity contribution in [2.75, 3.05) is 13.2 Å². The van der Waals surface area contributed by atoms with E-state index in [2.05, 4.69) is 0 Å². The fraction of sp³-hybridized carbons (Fsp3) is 0.833. The number of ketones is 1. The molecule has 0 amide bonds. The average Bonchev–Trinajstić information content (AvgIpc) is 2.12. The highest BCUT2D eigenvalue weighted by atomic mass is 16.3. The lowest BCUT2D eigenvalue weighted by Gasteiger charge is -2.17. The van der Waals surface area contributed by atoms with Crippen molar-refractivity contribution in [3.05, 3.63) is 0 Å². The summed E-state index contributed by atoms with van der Waals surface area (Å²) in [6, 6.07) is -1.07. The van der Waals surface area contributed by atoms with Crippen molar-refractivity contribution < 1.29 is 20.1 Å². The molecule has 0 fully saturated rings. The summed E-state index contributed by atoms with van der Waals surface area (Å²) < 4.78 is 0. The molecule has 0 heterocycles. The van der Waals surface area contributed by atoms with Crippen LogP contribution >= 0.6 is 0 Å². The van der Waals surface area contributed by atoms with E-state index in [4.69, 9.17) is 26.8 Å². The highest BCUT2D eigenvalue weighted by molar-refractivity contribution is 5.87. The zero-order valence-corrected chi connectivity index (χ0v) is 6.55. The molecule has 0 saturated heterocycles. The van der Waals surface area contributed by atoms with Crippen LogP contribution in [0.2, 0.25) is 0 Å². The molecule has 0 bridgehead atoms. The number of aliphatic hydroxyl groups excluding tert-OH is 3. The van der Waals surface area contributed by atoms with Crippen LogP contribution in [0.3, 0.4) is 0 Å². The van der Waals surface area contributed by atoms with Gasteiger partial charge in [-0.1, -0.05) is 0 Å². The molecule has 72 valence electrons. The smallest absolute Gasteiger partial charge is 0.192 e. The highest BCUT2D eigenvalue weighted by Gasteiger charge is 2.26. The van der Waals surface area contributed by atoms with E-state index in [1.54, 1.807) is 0 Å². The number of carbonyl (C=O) groups is 1. The molecule has 0 aromatic heterocycles. The van der Waals surface area contributed by atoms with Gasteiger partial charge in [0, 0.05) is 6.54 Å². The second-order valence-corrected chi connectivity index (χ2v) is 2.45. The van der Waals surface area contributed by atoms with Crippen LogP contribution in [-0.4, -0.2) is 52.5 Å². The van der Waals surface area contributed by atoms with Crippen LogP contribution in [0.5, 0.6) is 0 Å². The summed E-state index contributed by atoms with van der Waals surface area (Å²) in [7, 11) is 0. The molecule has 7 N–H and O–H groups in total. The molecule has 6 heteroatoms. The van der Waals surface area contributed by atoms with Gasteiger partial charge in [0.1, 0.15) is 12.2 Å². The molecular formula is C6H14N2O4. The molecule has 0 saturated carbocycles. The first-order chi connectivity index (χ1) is 5.54. The average molecular weight is 178 g/mol. The molecule has 0 spiro atoms. The predicted octanol–water partition coefficient (Wildman–Crippen LogP) is -3.44. The lowest BCUT2D eigenvalue weighted by molar-refractivity contribution is -0.136. The Hall–Kier alpha value is -0.530. The van der Waals surface area contributed by atoms with Crippen LogP contribution < -0.4 is 11.5 Å². The Morgan fingerprint density at radius 3 is 2.25 bits per heavy atom. The largest absolute Gasteiger partial charge is 0.395 e. The molecule has 6 nitrogen and oxygen atoms in total. The summed E-state index contributed by atoms with van der Waals surface area (Å²) >= 11 is 0. The zero-order chi connectivity index (χ0) is 9.72. The van der Waals surface area contributed by atoms with Gasteiger partial charge in [-0.3, -0.25) is 4.79 Å². The summed E-state index contributed by atoms with van der Waals surface area (Å²) in [5.74, 6) is -0.862. The molecule has 0 aliphatic carbocycles. The Morgan fingerprint density at radius 1 is 1.42 bits per heavy atom. The van der Waals surface area contributed by atoms with Gasteiger partial charge in [-0.25, -0.2) is 0 Å². The van der Waals surface area contributed by atoms with Gasteiger partial charge in [0.25, 0.3) is 0 Å². The second-order valence-electron chi connectivity index (χ2n) is 2.45. The Bertz CT molecular complexity index is 152. The maximum Gasteiger partial charge on any atom is 0.192 e. The van der Waals surface area contributed by atoms with Gasteiger partial charge in [0.2, 0.25) is 0 Å². The Labute approximate surface area is 69.8 Å². The molecule has 0 unspecified atom stereocenters. The summed E-state index contributed by atoms with van der Waals surface area (Å²) in [4.78, 5) is 10.9. The molecule has 0 rings (SSSR count). The third-order valence-corrected chi connectivity index (χ3v) is 1.46. The molecule has 0 radical (unpaired) electrons. The lowest BCUT2D eigenvalue weighted by Crippen LogP contribution is -2.48. The normalized spacial score (nSPS) is 18.4. The van der Waals surface area contributed by atoms with Gasteiger partial charge in [-0.2, -0.15) is 0 Å². The SMILES string of the molecule is NC[C@H](O)C(=O)[C@H](O)[C@@H](N)CO. The Morgan fingerprint density at radius 2 is 1.92 bits per heavy atom. The molecule has 0 aromatic carbocycles. The van der Waals surface area contributed by atoms with Gasteiger partial charge >= 0.3 is 0 Å². The van der Waals surface area contributed by atoms with Crippen LogP contribution in [0, 0.1) is 0 Å². The summed E-state index contributed by atoms with van der Waals surface area (Å²) in [5.41, 5.74) is 10.1. The minimum Gasteiger partial charge on any atom is -0.395 e. The highest BCUT2D eigenvalue weighted by Crippen LogP contribution is 1.95. The van der Waals surface area contributed by atoms with Crippen molar-refractivity contribution in [1.29, 1.82) is 0 Å². The minimum absolute atomic E-state index is 0.270. The van der Waals surface area contributed by atoms with Gasteiger partial charge in [0.05, 0.1) is 12.6 Å². The number of hydrogen-bond acceptors (Lipinski definition) is 6. The van der Waals surface area contributed by atoms with Crippen molar-refractivity contribution in [2.24, 2.45) is 11.5 Å². The van der Waals surface area contributed by atoms with E-state index >= 15 is 0 Å². The van der Waals surface area contributed by atoms with E-state index < -0.39 is 30.6 Å². The maximum atomic E-state index is 10.9. The number of rotatable bonds is 5. The lowest BCUT2D eigenvalue weighted by atomic mass is 10.0. The van der Waals surface area contributed by atoms with E-state index in [1.807, 2.05) is 0 Å². The monoisotopic (exact) mass is 178 g/mol. The van der Waals surface area contributed by atoms with E-state index in [0.717, 1.165) is 0 Å². The fourth-order valence-corrected chi connectivity index (χ4v) is 0.624. The van der Waals surface area contributed by atoms with E-state index in [0.29, 0.717) is 0 Å². The van der Waals surface area contributed by atoms with Crippen LogP contribution in [0.4, 0.5) is 0 Å². The molecule has 0 aliphatic rings. The topological polar surface area (TPSA) is 130 Å². The molecule has 0 aromatic rings. The first-order valence-corrected chi connectivity index (χ1v) is 3.51. The second kappa shape index (κ2) is 5.18. The first kappa shape index (κ1) is 11.5. The van der Waals surface area contributed by atoms with Crippen molar-refractivity contribution >= 4 is 5.78 Å². The van der Waals surface area contributed by atoms with Gasteiger partial charge in [-0.15, -0.1) is 0 Å². The zero-order valence-electron chi connectivity index (χ0n) is 6.55. The fourth-order valence-electron chi connectivity index (χ4n) is 0.624. The number of aliphatic hydroxyl groups is 3. The van der Waals surface area contributed by atoms with Crippen molar-refractivity contribution in [1.82, 2.24) is 0 Å². The van der Waals surface area contributed by atoms with Gasteiger partial charge in [0.15, 0.2) is 5.78 Å². The summed E-state index contributed by atoms with van der Waals surface area (Å²) in [6.07, 6.45) is -2.98. The standard InChI is InChI=1S/C6H14N2O4/c7-1-4(10)6(12)5(11)3(8)2-9/h3-5,9-11H,1-2,7-8H2/t3-,4-,5+/m0/s1. The van der Waals surface area contributed by atoms with Gasteiger partial charge < -0.3 is 26.8 Å². The number of Topliss-reactive ketones (excluding diaryl/α,β-unsaturated/α-hetero) is 1. The summed E-state index contributed by atoms with van der Waals surface area (Å²) in [6.45, 7) is -0.793. The number of hydrogen-bond donors (Lipinski definition) is 5. The minimum atomic E-state index is -1.56. The van der Waals surface area contributed by atoms with Crippen molar-refractivity contribution in [3.63, 3.8) is 0 Å². The number of carbonyl (C=O) groups excluding carboxylic acids is 1. The maximum absolute atomic E-state index is 10.9. The van der Waals surface area contributed by atoms with Crippen molar-refractivity contribution in [2.45, 2.75) is 18.2 Å². The van der Waals surface area contributed by atoms with E-state index in [1.165, 1.54) is 0 Å². The molecule has 12 heavy (non-hydrogen) atoms. The quantitative estimate of drug-likeness (QED) is 0.298. The predicted molar refractivity (Wildman–Crippen MR) is 41.1 cm³/mol. The van der Waals surface area contributed by atoms with Crippen LogP contribution in [0.15, 0.2) is 0 Å². The third kappa shape index (κ3) is 2.84. The van der Waals surface area contributed by atoms with Crippen LogP contribution in [0.25, 0.3) is 0 Å². The van der Waals surface area contributed by atoms with Gasteiger partial charge in [-0.05, 0) is 0 Å². The van der Waals surface area contributed by atoms with Crippen LogP contribution in [-0.2, 0) is 4.79 Å². The molecule has 3 atom stereocenters. The first-order valence-electron chi connectivity index (χ1n) is 3.51. The molecular weight excluding hydrogens is 164 g/mol. The van der Waals surface area contributed by atoms with E-state index in [-0.39, 0.29) is 6.54 Å².